The zero-order chi connectivity index (χ0) is 23.2. The van der Waals surface area contributed by atoms with Crippen LogP contribution in [0.25, 0.3) is 5.57 Å². The number of ether oxygens (including phenoxy) is 3. The summed E-state index contributed by atoms with van der Waals surface area (Å²) in [5.74, 6) is 0.790. The molecule has 2 aromatic carbocycles. The van der Waals surface area contributed by atoms with Crippen molar-refractivity contribution in [2.24, 2.45) is 0 Å². The molecule has 0 atom stereocenters. The van der Waals surface area contributed by atoms with Crippen LogP contribution in [0.1, 0.15) is 12.0 Å². The van der Waals surface area contributed by atoms with Crippen LogP contribution in [0, 0.1) is 0 Å². The summed E-state index contributed by atoms with van der Waals surface area (Å²) < 4.78 is 15.8. The maximum atomic E-state index is 13.4. The van der Waals surface area contributed by atoms with E-state index in [4.69, 9.17) is 14.2 Å². The standard InChI is InChI=1S/C25H29N3O5/c1-31-20-8-4-18(5-9-20)22-23(26-19-6-10-21(32-2)11-7-19)25(30)28(24(22)29)13-3-12-27-14-16-33-17-15-27/h4-11,26H,3,12-17H2,1-2H3. The number of methoxy groups -OCH3 is 2. The summed E-state index contributed by atoms with van der Waals surface area (Å²) in [4.78, 5) is 30.3. The van der Waals surface area contributed by atoms with Crippen molar-refractivity contribution in [2.45, 2.75) is 6.42 Å². The summed E-state index contributed by atoms with van der Waals surface area (Å²) in [7, 11) is 3.19. The average molecular weight is 452 g/mol. The van der Waals surface area contributed by atoms with E-state index >= 15 is 0 Å². The SMILES string of the molecule is COc1ccc(NC2=C(c3ccc(OC)cc3)C(=O)N(CCCN3CCOCC3)C2=O)cc1. The first-order chi connectivity index (χ1) is 16.1. The van der Waals surface area contributed by atoms with Gasteiger partial charge < -0.3 is 19.5 Å². The van der Waals surface area contributed by atoms with E-state index in [0.29, 0.717) is 41.3 Å². The van der Waals surface area contributed by atoms with Crippen LogP contribution in [-0.4, -0.2) is 75.2 Å². The first kappa shape index (κ1) is 22.8. The second-order valence-electron chi connectivity index (χ2n) is 7.90. The molecule has 8 nitrogen and oxygen atoms in total. The van der Waals surface area contributed by atoms with E-state index in [1.807, 2.05) is 12.1 Å². The summed E-state index contributed by atoms with van der Waals surface area (Å²) in [6.45, 7) is 4.38. The van der Waals surface area contributed by atoms with E-state index in [1.165, 1.54) is 4.90 Å². The highest BCUT2D eigenvalue weighted by molar-refractivity contribution is 6.36. The minimum atomic E-state index is -0.316. The van der Waals surface area contributed by atoms with Gasteiger partial charge in [-0.15, -0.1) is 0 Å². The normalized spacial score (nSPS) is 17.0. The molecule has 2 aromatic rings. The van der Waals surface area contributed by atoms with Crippen LogP contribution < -0.4 is 14.8 Å². The number of amides is 2. The number of nitrogens with zero attached hydrogens (tertiary/aromatic N) is 2. The number of morpholine rings is 1. The quantitative estimate of drug-likeness (QED) is 0.587. The zero-order valence-electron chi connectivity index (χ0n) is 19.0. The summed E-state index contributed by atoms with van der Waals surface area (Å²) in [5.41, 5.74) is 2.01. The number of nitrogens with one attached hydrogen (secondary N) is 1. The molecule has 0 bridgehead atoms. The Bertz CT molecular complexity index is 1010. The van der Waals surface area contributed by atoms with Gasteiger partial charge in [0.25, 0.3) is 11.8 Å². The third kappa shape index (κ3) is 5.18. The molecule has 2 aliphatic heterocycles. The highest BCUT2D eigenvalue weighted by atomic mass is 16.5. The van der Waals surface area contributed by atoms with Crippen LogP contribution >= 0.6 is 0 Å². The molecule has 174 valence electrons. The van der Waals surface area contributed by atoms with Crippen molar-refractivity contribution in [1.29, 1.82) is 0 Å². The maximum Gasteiger partial charge on any atom is 0.278 e. The number of imide groups is 1. The Morgan fingerprint density at radius 2 is 1.45 bits per heavy atom. The monoisotopic (exact) mass is 451 g/mol. The van der Waals surface area contributed by atoms with Crippen molar-refractivity contribution >= 4 is 23.1 Å². The van der Waals surface area contributed by atoms with Crippen molar-refractivity contribution in [3.8, 4) is 11.5 Å². The molecular weight excluding hydrogens is 422 g/mol. The molecule has 2 aliphatic rings. The van der Waals surface area contributed by atoms with Crippen LogP contribution in [0.2, 0.25) is 0 Å². The zero-order valence-corrected chi connectivity index (χ0v) is 19.0. The topological polar surface area (TPSA) is 80.3 Å². The van der Waals surface area contributed by atoms with Gasteiger partial charge in [0.05, 0.1) is 33.0 Å². The van der Waals surface area contributed by atoms with E-state index in [2.05, 4.69) is 10.2 Å². The van der Waals surface area contributed by atoms with Crippen molar-refractivity contribution < 1.29 is 23.8 Å². The average Bonchev–Trinajstić information content (AvgIpc) is 3.09. The molecule has 33 heavy (non-hydrogen) atoms. The number of hydrogen-bond acceptors (Lipinski definition) is 7. The fraction of sp³-hybridized carbons (Fsp3) is 0.360. The highest BCUT2D eigenvalue weighted by Gasteiger charge is 2.39. The highest BCUT2D eigenvalue weighted by Crippen LogP contribution is 2.32. The summed E-state index contributed by atoms with van der Waals surface area (Å²) in [6, 6.07) is 14.4. The molecule has 2 amide bonds. The fourth-order valence-electron chi connectivity index (χ4n) is 4.02. The van der Waals surface area contributed by atoms with Gasteiger partial charge in [-0.25, -0.2) is 0 Å². The Hall–Kier alpha value is -3.36. The van der Waals surface area contributed by atoms with Gasteiger partial charge >= 0.3 is 0 Å². The van der Waals surface area contributed by atoms with Crippen molar-refractivity contribution in [3.63, 3.8) is 0 Å². The lowest BCUT2D eigenvalue weighted by atomic mass is 10.0. The molecule has 1 N–H and O–H groups in total. The second kappa shape index (κ2) is 10.5. The number of carbonyl (C=O) groups is 2. The molecule has 1 saturated heterocycles. The number of benzene rings is 2. The number of rotatable bonds is 9. The molecule has 0 spiro atoms. The van der Waals surface area contributed by atoms with Gasteiger partial charge in [-0.1, -0.05) is 12.1 Å². The third-order valence-electron chi connectivity index (χ3n) is 5.87. The van der Waals surface area contributed by atoms with E-state index in [-0.39, 0.29) is 17.5 Å². The Morgan fingerprint density at radius 1 is 0.848 bits per heavy atom. The first-order valence-electron chi connectivity index (χ1n) is 11.1. The van der Waals surface area contributed by atoms with E-state index in [0.717, 1.165) is 32.8 Å². The van der Waals surface area contributed by atoms with Crippen molar-refractivity contribution in [1.82, 2.24) is 9.80 Å². The van der Waals surface area contributed by atoms with Gasteiger partial charge in [-0.05, 0) is 48.4 Å². The van der Waals surface area contributed by atoms with Crippen LogP contribution in [0.15, 0.2) is 54.2 Å². The Kier molecular flexibility index (Phi) is 7.26. The minimum absolute atomic E-state index is 0.279. The molecule has 0 unspecified atom stereocenters. The second-order valence-corrected chi connectivity index (χ2v) is 7.90. The van der Waals surface area contributed by atoms with Crippen molar-refractivity contribution in [3.05, 3.63) is 59.8 Å². The van der Waals surface area contributed by atoms with Gasteiger partial charge in [0.2, 0.25) is 0 Å². The molecule has 0 saturated carbocycles. The molecule has 0 aliphatic carbocycles. The Labute approximate surface area is 193 Å². The Morgan fingerprint density at radius 3 is 2.06 bits per heavy atom. The van der Waals surface area contributed by atoms with Crippen LogP contribution in [0.4, 0.5) is 5.69 Å². The van der Waals surface area contributed by atoms with E-state index in [9.17, 15) is 9.59 Å². The third-order valence-corrected chi connectivity index (χ3v) is 5.87. The first-order valence-corrected chi connectivity index (χ1v) is 11.1. The molecular formula is C25H29N3O5. The lowest BCUT2D eigenvalue weighted by Gasteiger charge is -2.27. The number of anilines is 1. The molecule has 4 rings (SSSR count). The number of carbonyl (C=O) groups excluding carboxylic acids is 2. The van der Waals surface area contributed by atoms with Crippen LogP contribution in [0.3, 0.4) is 0 Å². The number of hydrogen-bond donors (Lipinski definition) is 1. The minimum Gasteiger partial charge on any atom is -0.497 e. The predicted octanol–water partition coefficient (Wildman–Crippen LogP) is 2.62. The van der Waals surface area contributed by atoms with Gasteiger partial charge in [0, 0.05) is 31.9 Å². The lowest BCUT2D eigenvalue weighted by molar-refractivity contribution is -0.136. The van der Waals surface area contributed by atoms with E-state index in [1.54, 1.807) is 50.6 Å². The van der Waals surface area contributed by atoms with E-state index < -0.39 is 0 Å². The van der Waals surface area contributed by atoms with Crippen LogP contribution in [0.5, 0.6) is 11.5 Å². The van der Waals surface area contributed by atoms with Gasteiger partial charge in [0.1, 0.15) is 17.2 Å². The van der Waals surface area contributed by atoms with Gasteiger partial charge in [-0.3, -0.25) is 19.4 Å². The fourth-order valence-corrected chi connectivity index (χ4v) is 4.02. The molecule has 0 radical (unpaired) electrons. The molecule has 2 heterocycles. The molecule has 8 heteroatoms. The maximum absolute atomic E-state index is 13.4. The van der Waals surface area contributed by atoms with Crippen molar-refractivity contribution in [2.75, 3.05) is 58.9 Å². The lowest BCUT2D eigenvalue weighted by Crippen LogP contribution is -2.39. The Balaban J connectivity index is 1.56. The summed E-state index contributed by atoms with van der Waals surface area (Å²) >= 11 is 0. The largest absolute Gasteiger partial charge is 0.497 e. The molecule has 0 aromatic heterocycles. The van der Waals surface area contributed by atoms with Gasteiger partial charge in [0.15, 0.2) is 0 Å². The predicted molar refractivity (Wildman–Crippen MR) is 125 cm³/mol. The summed E-state index contributed by atoms with van der Waals surface area (Å²) in [5, 5.41) is 3.17. The van der Waals surface area contributed by atoms with Crippen LogP contribution in [-0.2, 0) is 14.3 Å². The molecule has 1 fully saturated rings. The smallest absolute Gasteiger partial charge is 0.278 e. The summed E-state index contributed by atoms with van der Waals surface area (Å²) in [6.07, 6.45) is 0.711. The van der Waals surface area contributed by atoms with Gasteiger partial charge in [-0.2, -0.15) is 0 Å².